The molecule has 3 heteroatoms. The number of hydrogen-bond donors (Lipinski definition) is 1. The normalized spacial score (nSPS) is 15.8. The summed E-state index contributed by atoms with van der Waals surface area (Å²) in [6.07, 6.45) is 1.42. The smallest absolute Gasteiger partial charge is 0.230 e. The molecule has 0 unspecified atom stereocenters. The Labute approximate surface area is 172 Å². The van der Waals surface area contributed by atoms with Gasteiger partial charge in [-0.1, -0.05) is 91.0 Å². The van der Waals surface area contributed by atoms with Gasteiger partial charge in [-0.15, -0.1) is 0 Å². The second kappa shape index (κ2) is 9.06. The summed E-state index contributed by atoms with van der Waals surface area (Å²) in [5.41, 5.74) is 2.98. The van der Waals surface area contributed by atoms with Crippen LogP contribution in [0.25, 0.3) is 0 Å². The van der Waals surface area contributed by atoms with Crippen molar-refractivity contribution in [2.45, 2.75) is 24.2 Å². The highest BCUT2D eigenvalue weighted by atomic mass is 16.5. The number of rotatable bonds is 6. The van der Waals surface area contributed by atoms with Crippen molar-refractivity contribution < 1.29 is 9.53 Å². The zero-order valence-corrected chi connectivity index (χ0v) is 16.6. The molecule has 1 aliphatic rings. The molecule has 0 aliphatic carbocycles. The molecule has 1 heterocycles. The van der Waals surface area contributed by atoms with Gasteiger partial charge in [0.1, 0.15) is 0 Å². The summed E-state index contributed by atoms with van der Waals surface area (Å²) in [6, 6.07) is 30.9. The molecule has 1 amide bonds. The number of benzene rings is 3. The molecule has 3 aromatic carbocycles. The van der Waals surface area contributed by atoms with Crippen LogP contribution in [0.15, 0.2) is 91.0 Å². The Morgan fingerprint density at radius 3 is 1.79 bits per heavy atom. The molecule has 4 rings (SSSR count). The molecule has 0 atom stereocenters. The van der Waals surface area contributed by atoms with Gasteiger partial charge < -0.3 is 10.1 Å². The number of carbonyl (C=O) groups excluding carboxylic acids is 1. The minimum absolute atomic E-state index is 0.101. The van der Waals surface area contributed by atoms with Crippen LogP contribution in [0.3, 0.4) is 0 Å². The molecular weight excluding hydrogens is 358 g/mol. The van der Waals surface area contributed by atoms with Crippen molar-refractivity contribution in [2.24, 2.45) is 0 Å². The van der Waals surface area contributed by atoms with E-state index in [1.165, 1.54) is 11.1 Å². The average molecular weight is 386 g/mol. The minimum atomic E-state index is -0.516. The topological polar surface area (TPSA) is 38.3 Å². The van der Waals surface area contributed by atoms with Crippen molar-refractivity contribution in [1.82, 2.24) is 5.32 Å². The zero-order valence-electron chi connectivity index (χ0n) is 16.6. The van der Waals surface area contributed by atoms with Gasteiger partial charge in [0, 0.05) is 25.7 Å². The summed E-state index contributed by atoms with van der Waals surface area (Å²) in [6.45, 7) is 1.80. The maximum atomic E-state index is 13.5. The van der Waals surface area contributed by atoms with E-state index in [9.17, 15) is 4.79 Å². The molecule has 1 N–H and O–H groups in total. The summed E-state index contributed by atoms with van der Waals surface area (Å²) in [5.74, 6) is 0.220. The Hall–Kier alpha value is -2.91. The van der Waals surface area contributed by atoms with Gasteiger partial charge in [-0.25, -0.2) is 0 Å². The fraction of sp³-hybridized carbons (Fsp3) is 0.269. The molecule has 1 aliphatic heterocycles. The first kappa shape index (κ1) is 19.4. The van der Waals surface area contributed by atoms with Crippen LogP contribution in [0.5, 0.6) is 0 Å². The Balaban J connectivity index is 1.58. The highest BCUT2D eigenvalue weighted by Gasteiger charge is 2.41. The van der Waals surface area contributed by atoms with E-state index in [0.717, 1.165) is 5.56 Å². The highest BCUT2D eigenvalue weighted by molar-refractivity contribution is 5.88. The Morgan fingerprint density at radius 2 is 1.28 bits per heavy atom. The summed E-state index contributed by atoms with van der Waals surface area (Å²) in [5, 5.41) is 3.29. The van der Waals surface area contributed by atoms with Gasteiger partial charge in [-0.2, -0.15) is 0 Å². The summed E-state index contributed by atoms with van der Waals surface area (Å²) >= 11 is 0. The number of ether oxygens (including phenoxy) is 1. The molecule has 1 saturated heterocycles. The standard InChI is InChI=1S/C26H27NO2/c28-25(26(16-18-29-19-17-26)23-14-8-3-9-15-23)27-20-24(21-10-4-1-5-11-21)22-12-6-2-7-13-22/h1-15,24H,16-20H2,(H,27,28). The molecule has 3 aromatic rings. The molecule has 148 valence electrons. The lowest BCUT2D eigenvalue weighted by atomic mass is 9.73. The third kappa shape index (κ3) is 4.25. The van der Waals surface area contributed by atoms with Crippen LogP contribution in [0.2, 0.25) is 0 Å². The SMILES string of the molecule is O=C(NCC(c1ccccc1)c1ccccc1)C1(c2ccccc2)CCOCC1. The molecule has 1 fully saturated rings. The number of carbonyl (C=O) groups is 1. The first-order valence-corrected chi connectivity index (χ1v) is 10.3. The van der Waals surface area contributed by atoms with Crippen LogP contribution in [0.4, 0.5) is 0 Å². The molecule has 29 heavy (non-hydrogen) atoms. The van der Waals surface area contributed by atoms with Gasteiger partial charge >= 0.3 is 0 Å². The van der Waals surface area contributed by atoms with Crippen LogP contribution in [-0.4, -0.2) is 25.7 Å². The van der Waals surface area contributed by atoms with Gasteiger partial charge in [-0.05, 0) is 29.5 Å². The van der Waals surface area contributed by atoms with Gasteiger partial charge in [0.2, 0.25) is 5.91 Å². The van der Waals surface area contributed by atoms with Crippen LogP contribution >= 0.6 is 0 Å². The van der Waals surface area contributed by atoms with E-state index >= 15 is 0 Å². The molecule has 0 bridgehead atoms. The fourth-order valence-electron chi connectivity index (χ4n) is 4.29. The van der Waals surface area contributed by atoms with Crippen molar-refractivity contribution >= 4 is 5.91 Å². The largest absolute Gasteiger partial charge is 0.381 e. The number of nitrogens with one attached hydrogen (secondary N) is 1. The first-order valence-electron chi connectivity index (χ1n) is 10.3. The van der Waals surface area contributed by atoms with Crippen LogP contribution in [0, 0.1) is 0 Å². The lowest BCUT2D eigenvalue weighted by Gasteiger charge is -2.36. The maximum Gasteiger partial charge on any atom is 0.230 e. The third-order valence-electron chi connectivity index (χ3n) is 5.98. The van der Waals surface area contributed by atoms with Crippen molar-refractivity contribution in [2.75, 3.05) is 19.8 Å². The summed E-state index contributed by atoms with van der Waals surface area (Å²) in [7, 11) is 0. The van der Waals surface area contributed by atoms with Gasteiger partial charge in [0.25, 0.3) is 0 Å². The second-order valence-electron chi connectivity index (χ2n) is 7.64. The van der Waals surface area contributed by atoms with Crippen molar-refractivity contribution in [3.8, 4) is 0 Å². The number of amides is 1. The van der Waals surface area contributed by atoms with Gasteiger partial charge in [0.15, 0.2) is 0 Å². The zero-order chi connectivity index (χ0) is 19.9. The lowest BCUT2D eigenvalue weighted by molar-refractivity contribution is -0.130. The molecule has 0 saturated carbocycles. The molecule has 0 radical (unpaired) electrons. The second-order valence-corrected chi connectivity index (χ2v) is 7.64. The van der Waals surface area contributed by atoms with Gasteiger partial charge in [0.05, 0.1) is 5.41 Å². The summed E-state index contributed by atoms with van der Waals surface area (Å²) in [4.78, 5) is 13.5. The predicted molar refractivity (Wildman–Crippen MR) is 116 cm³/mol. The van der Waals surface area contributed by atoms with Crippen LogP contribution < -0.4 is 5.32 Å². The van der Waals surface area contributed by atoms with E-state index in [1.807, 2.05) is 30.3 Å². The van der Waals surface area contributed by atoms with E-state index in [1.54, 1.807) is 0 Å². The van der Waals surface area contributed by atoms with Crippen molar-refractivity contribution in [3.05, 3.63) is 108 Å². The van der Waals surface area contributed by atoms with Crippen molar-refractivity contribution in [3.63, 3.8) is 0 Å². The monoisotopic (exact) mass is 385 g/mol. The highest BCUT2D eigenvalue weighted by Crippen LogP contribution is 2.35. The Morgan fingerprint density at radius 1 is 0.793 bits per heavy atom. The van der Waals surface area contributed by atoms with Crippen LogP contribution in [0.1, 0.15) is 35.4 Å². The predicted octanol–water partition coefficient (Wildman–Crippen LogP) is 4.68. The average Bonchev–Trinajstić information content (AvgIpc) is 2.81. The maximum absolute atomic E-state index is 13.5. The molecule has 3 nitrogen and oxygen atoms in total. The van der Waals surface area contributed by atoms with E-state index in [2.05, 4.69) is 66.0 Å². The first-order chi connectivity index (χ1) is 14.3. The van der Waals surface area contributed by atoms with E-state index < -0.39 is 5.41 Å². The number of hydrogen-bond acceptors (Lipinski definition) is 2. The van der Waals surface area contributed by atoms with Gasteiger partial charge in [-0.3, -0.25) is 4.79 Å². The Kier molecular flexibility index (Phi) is 6.06. The van der Waals surface area contributed by atoms with E-state index in [4.69, 9.17) is 4.74 Å². The molecule has 0 spiro atoms. The lowest BCUT2D eigenvalue weighted by Crippen LogP contribution is -2.49. The van der Waals surface area contributed by atoms with E-state index in [0.29, 0.717) is 32.6 Å². The minimum Gasteiger partial charge on any atom is -0.381 e. The summed E-state index contributed by atoms with van der Waals surface area (Å²) < 4.78 is 5.58. The Bertz CT molecular complexity index is 864. The van der Waals surface area contributed by atoms with Crippen molar-refractivity contribution in [1.29, 1.82) is 0 Å². The van der Waals surface area contributed by atoms with E-state index in [-0.39, 0.29) is 11.8 Å². The van der Waals surface area contributed by atoms with Crippen LogP contribution in [-0.2, 0) is 14.9 Å². The molecular formula is C26H27NO2. The molecule has 0 aromatic heterocycles. The quantitative estimate of drug-likeness (QED) is 0.669. The fourth-order valence-corrected chi connectivity index (χ4v) is 4.29. The third-order valence-corrected chi connectivity index (χ3v) is 5.98.